The number of anilines is 3. The van der Waals surface area contributed by atoms with Crippen LogP contribution in [0.3, 0.4) is 0 Å². The number of hydrogen-bond acceptors (Lipinski definition) is 6. The van der Waals surface area contributed by atoms with E-state index in [-0.39, 0.29) is 36.2 Å². The van der Waals surface area contributed by atoms with Crippen LogP contribution in [-0.4, -0.2) is 35.9 Å². The fourth-order valence-electron chi connectivity index (χ4n) is 4.42. The van der Waals surface area contributed by atoms with Crippen LogP contribution in [0.1, 0.15) is 47.1 Å². The number of hydrogen-bond donors (Lipinski definition) is 4. The number of fused-ring (bicyclic) bond motifs is 2. The molecule has 10 heteroatoms. The molecule has 39 heavy (non-hydrogen) atoms. The number of rotatable bonds is 7. The molecule has 2 amide bonds. The predicted molar refractivity (Wildman–Crippen MR) is 145 cm³/mol. The first kappa shape index (κ1) is 26.2. The van der Waals surface area contributed by atoms with Gasteiger partial charge in [0.1, 0.15) is 11.6 Å². The zero-order valence-electron chi connectivity index (χ0n) is 20.5. The Bertz CT molecular complexity index is 1590. The van der Waals surface area contributed by atoms with E-state index < -0.39 is 17.5 Å². The molecule has 7 nitrogen and oxygen atoms in total. The molecule has 3 aromatic carbocycles. The smallest absolute Gasteiger partial charge is 0.265 e. The van der Waals surface area contributed by atoms with Crippen LogP contribution in [0.5, 0.6) is 0 Å². The van der Waals surface area contributed by atoms with Gasteiger partial charge in [0.05, 0.1) is 22.9 Å². The summed E-state index contributed by atoms with van der Waals surface area (Å²) in [6.45, 7) is -0.0775. The van der Waals surface area contributed by atoms with Crippen LogP contribution in [0, 0.1) is 11.6 Å². The largest absolute Gasteiger partial charge is 0.395 e. The van der Waals surface area contributed by atoms with E-state index in [9.17, 15) is 23.2 Å². The number of aliphatic hydroxyl groups is 1. The number of ketones is 1. The van der Waals surface area contributed by atoms with Gasteiger partial charge < -0.3 is 21.1 Å². The first-order valence-corrected chi connectivity index (χ1v) is 13.0. The van der Waals surface area contributed by atoms with E-state index in [1.807, 2.05) is 0 Å². The zero-order chi connectivity index (χ0) is 27.5. The maximum atomic E-state index is 14.6. The Kier molecular flexibility index (Phi) is 7.49. The fraction of sp³-hybridized carbons (Fsp3) is 0.138. The first-order valence-electron chi connectivity index (χ1n) is 12.1. The van der Waals surface area contributed by atoms with Gasteiger partial charge in [0, 0.05) is 35.0 Å². The highest BCUT2D eigenvalue weighted by molar-refractivity contribution is 7.12. The number of nitrogens with one attached hydrogen (secondary N) is 3. The summed E-state index contributed by atoms with van der Waals surface area (Å²) in [6.07, 6.45) is 1.09. The highest BCUT2D eigenvalue weighted by Gasteiger charge is 2.23. The van der Waals surface area contributed by atoms with Gasteiger partial charge in [-0.05, 0) is 71.8 Å². The van der Waals surface area contributed by atoms with Gasteiger partial charge >= 0.3 is 0 Å². The molecule has 0 saturated carbocycles. The molecule has 1 heterocycles. The fourth-order valence-corrected chi connectivity index (χ4v) is 5.04. The average Bonchev–Trinajstić information content (AvgIpc) is 3.44. The minimum absolute atomic E-state index is 0.0420. The minimum Gasteiger partial charge on any atom is -0.395 e. The van der Waals surface area contributed by atoms with Gasteiger partial charge in [-0.25, -0.2) is 8.78 Å². The third kappa shape index (κ3) is 5.57. The molecule has 1 aliphatic rings. The number of thiophene rings is 1. The Labute approximate surface area is 226 Å². The number of carbonyl (C=O) groups excluding carboxylic acids is 3. The maximum Gasteiger partial charge on any atom is 0.265 e. The van der Waals surface area contributed by atoms with Crippen LogP contribution in [-0.2, 0) is 12.8 Å². The van der Waals surface area contributed by atoms with Crippen molar-refractivity contribution in [2.75, 3.05) is 23.8 Å². The van der Waals surface area contributed by atoms with Crippen molar-refractivity contribution in [3.8, 4) is 0 Å². The zero-order valence-corrected chi connectivity index (χ0v) is 21.3. The molecule has 0 aliphatic heterocycles. The molecule has 1 aromatic heterocycles. The number of amides is 2. The molecule has 0 atom stereocenters. The summed E-state index contributed by atoms with van der Waals surface area (Å²) < 4.78 is 29.0. The average molecular weight is 548 g/mol. The van der Waals surface area contributed by atoms with E-state index in [1.165, 1.54) is 17.4 Å². The van der Waals surface area contributed by atoms with E-state index in [1.54, 1.807) is 53.9 Å². The van der Waals surface area contributed by atoms with E-state index >= 15 is 0 Å². The standard InChI is InChI=1S/C29H23F2N3O4S/c30-22-14-23(31)25(34-29(38)26-2-1-11-39-26)15-24(22)33-19-7-8-20-17(12-19)5-3-16-4-6-18(13-21(16)27(20)36)28(37)32-9-10-35/h1-2,4,6-8,11-15,33,35H,3,5,9-10H2,(H,32,37)(H,34,38). The Balaban J connectivity index is 1.38. The van der Waals surface area contributed by atoms with Gasteiger partial charge in [-0.3, -0.25) is 14.4 Å². The Morgan fingerprint density at radius 3 is 2.44 bits per heavy atom. The van der Waals surface area contributed by atoms with E-state index in [0.717, 1.165) is 11.1 Å². The second-order valence-corrected chi connectivity index (χ2v) is 9.87. The quantitative estimate of drug-likeness (QED) is 0.258. The molecule has 0 bridgehead atoms. The lowest BCUT2D eigenvalue weighted by atomic mass is 9.96. The highest BCUT2D eigenvalue weighted by atomic mass is 32.1. The first-order chi connectivity index (χ1) is 18.8. The Morgan fingerprint density at radius 2 is 1.67 bits per heavy atom. The van der Waals surface area contributed by atoms with Gasteiger partial charge in [0.2, 0.25) is 0 Å². The summed E-state index contributed by atoms with van der Waals surface area (Å²) >= 11 is 1.20. The van der Waals surface area contributed by atoms with Crippen LogP contribution in [0.25, 0.3) is 0 Å². The predicted octanol–water partition coefficient (Wildman–Crippen LogP) is 5.07. The van der Waals surface area contributed by atoms with Crippen LogP contribution in [0.4, 0.5) is 25.8 Å². The van der Waals surface area contributed by atoms with Crippen LogP contribution in [0.15, 0.2) is 66.0 Å². The maximum absolute atomic E-state index is 14.6. The Hall–Kier alpha value is -4.41. The highest BCUT2D eigenvalue weighted by Crippen LogP contribution is 2.31. The van der Waals surface area contributed by atoms with Gasteiger partial charge in [0.15, 0.2) is 5.78 Å². The van der Waals surface area contributed by atoms with Crippen molar-refractivity contribution in [1.82, 2.24) is 5.32 Å². The third-order valence-electron chi connectivity index (χ3n) is 6.36. The molecule has 0 fully saturated rings. The summed E-state index contributed by atoms with van der Waals surface area (Å²) in [7, 11) is 0. The second-order valence-electron chi connectivity index (χ2n) is 8.92. The van der Waals surface area contributed by atoms with Crippen LogP contribution < -0.4 is 16.0 Å². The lowest BCUT2D eigenvalue weighted by molar-refractivity contribution is 0.0944. The van der Waals surface area contributed by atoms with E-state index in [4.69, 9.17) is 5.11 Å². The monoisotopic (exact) mass is 547 g/mol. The van der Waals surface area contributed by atoms with Crippen molar-refractivity contribution in [2.24, 2.45) is 0 Å². The van der Waals surface area contributed by atoms with Crippen molar-refractivity contribution in [3.63, 3.8) is 0 Å². The van der Waals surface area contributed by atoms with Crippen LogP contribution >= 0.6 is 11.3 Å². The molecular formula is C29H23F2N3O4S. The van der Waals surface area contributed by atoms with Crippen molar-refractivity contribution < 1.29 is 28.3 Å². The number of aliphatic hydroxyl groups excluding tert-OH is 1. The van der Waals surface area contributed by atoms with Gasteiger partial charge in [-0.2, -0.15) is 0 Å². The molecule has 0 radical (unpaired) electrons. The molecule has 1 aliphatic carbocycles. The summed E-state index contributed by atoms with van der Waals surface area (Å²) in [6, 6.07) is 15.1. The number of aryl methyl sites for hydroxylation is 2. The van der Waals surface area contributed by atoms with Gasteiger partial charge in [-0.15, -0.1) is 11.3 Å². The minimum atomic E-state index is -0.905. The molecule has 0 spiro atoms. The van der Waals surface area contributed by atoms with Gasteiger partial charge in [-0.1, -0.05) is 12.1 Å². The van der Waals surface area contributed by atoms with E-state index in [0.29, 0.717) is 46.2 Å². The lowest BCUT2D eigenvalue weighted by Crippen LogP contribution is -2.26. The second kappa shape index (κ2) is 11.1. The molecule has 0 saturated heterocycles. The third-order valence-corrected chi connectivity index (χ3v) is 7.23. The normalized spacial score (nSPS) is 12.2. The summed E-state index contributed by atoms with van der Waals surface area (Å²) in [5, 5.41) is 18.6. The van der Waals surface area contributed by atoms with Gasteiger partial charge in [0.25, 0.3) is 11.8 Å². The molecular weight excluding hydrogens is 524 g/mol. The summed E-state index contributed by atoms with van der Waals surface area (Å²) in [5.41, 5.74) is 3.04. The summed E-state index contributed by atoms with van der Waals surface area (Å²) in [4.78, 5) is 38.5. The molecule has 198 valence electrons. The van der Waals surface area contributed by atoms with Crippen molar-refractivity contribution in [2.45, 2.75) is 12.8 Å². The number of halogens is 2. The molecule has 5 rings (SSSR count). The topological polar surface area (TPSA) is 108 Å². The molecule has 4 N–H and O–H groups in total. The summed E-state index contributed by atoms with van der Waals surface area (Å²) in [5.74, 6) is -2.85. The number of benzene rings is 3. The van der Waals surface area contributed by atoms with Crippen molar-refractivity contribution in [1.29, 1.82) is 0 Å². The van der Waals surface area contributed by atoms with Crippen LogP contribution in [0.2, 0.25) is 0 Å². The van der Waals surface area contributed by atoms with Crippen molar-refractivity contribution in [3.05, 3.63) is 110 Å². The molecule has 0 unspecified atom stereocenters. The van der Waals surface area contributed by atoms with Crippen molar-refractivity contribution >= 4 is 46.0 Å². The molecule has 4 aromatic rings. The SMILES string of the molecule is O=C(NCCO)c1ccc2c(c1)C(=O)c1ccc(Nc3cc(NC(=O)c4cccs4)c(F)cc3F)cc1CC2. The number of carbonyl (C=O) groups is 3. The lowest BCUT2D eigenvalue weighted by Gasteiger charge is -2.13. The van der Waals surface area contributed by atoms with E-state index in [2.05, 4.69) is 16.0 Å². The Morgan fingerprint density at radius 1 is 0.872 bits per heavy atom.